The number of carbonyl (C=O) groups excluding carboxylic acids is 1. The summed E-state index contributed by atoms with van der Waals surface area (Å²) in [5, 5.41) is 3.05. The standard InChI is InChI=1S/C14H26N2O2/c1-12-3-2-4-13(11-12)5-6-15-14(17)16-7-9-18-10-8-16/h12-13H,2-11H2,1H3,(H,15,17). The largest absolute Gasteiger partial charge is 0.378 e. The van der Waals surface area contributed by atoms with E-state index in [1.807, 2.05) is 4.90 Å². The normalized spacial score (nSPS) is 29.1. The molecule has 2 rings (SSSR count). The van der Waals surface area contributed by atoms with Gasteiger partial charge in [0.05, 0.1) is 13.2 Å². The molecule has 104 valence electrons. The summed E-state index contributed by atoms with van der Waals surface area (Å²) in [5.74, 6) is 1.69. The van der Waals surface area contributed by atoms with E-state index in [2.05, 4.69) is 12.2 Å². The van der Waals surface area contributed by atoms with Crippen molar-refractivity contribution >= 4 is 6.03 Å². The van der Waals surface area contributed by atoms with Crippen LogP contribution < -0.4 is 5.32 Å². The molecule has 2 unspecified atom stereocenters. The highest BCUT2D eigenvalue weighted by molar-refractivity contribution is 5.74. The molecule has 1 heterocycles. The third kappa shape index (κ3) is 4.16. The van der Waals surface area contributed by atoms with Gasteiger partial charge < -0.3 is 15.0 Å². The van der Waals surface area contributed by atoms with Crippen molar-refractivity contribution in [3.63, 3.8) is 0 Å². The fraction of sp³-hybridized carbons (Fsp3) is 0.929. The van der Waals surface area contributed by atoms with Crippen molar-refractivity contribution in [1.82, 2.24) is 10.2 Å². The van der Waals surface area contributed by atoms with E-state index in [1.165, 1.54) is 25.7 Å². The molecule has 1 N–H and O–H groups in total. The van der Waals surface area contributed by atoms with Crippen LogP contribution in [0.5, 0.6) is 0 Å². The van der Waals surface area contributed by atoms with E-state index in [9.17, 15) is 4.79 Å². The van der Waals surface area contributed by atoms with Crippen LogP contribution in [-0.2, 0) is 4.74 Å². The Balaban J connectivity index is 1.60. The Bertz CT molecular complexity index is 265. The molecule has 1 aliphatic carbocycles. The predicted molar refractivity (Wildman–Crippen MR) is 71.5 cm³/mol. The third-order valence-corrected chi connectivity index (χ3v) is 4.17. The number of ether oxygens (including phenoxy) is 1. The van der Waals surface area contributed by atoms with Gasteiger partial charge in [-0.3, -0.25) is 0 Å². The lowest BCUT2D eigenvalue weighted by Gasteiger charge is -2.29. The smallest absolute Gasteiger partial charge is 0.317 e. The van der Waals surface area contributed by atoms with Gasteiger partial charge in [-0.1, -0.05) is 26.2 Å². The van der Waals surface area contributed by atoms with Gasteiger partial charge in [0.2, 0.25) is 0 Å². The van der Waals surface area contributed by atoms with Crippen molar-refractivity contribution < 1.29 is 9.53 Å². The molecule has 1 saturated heterocycles. The minimum atomic E-state index is 0.0853. The fourth-order valence-electron chi connectivity index (χ4n) is 3.08. The average molecular weight is 254 g/mol. The van der Waals surface area contributed by atoms with Gasteiger partial charge in [0, 0.05) is 19.6 Å². The minimum Gasteiger partial charge on any atom is -0.378 e. The lowest BCUT2D eigenvalue weighted by molar-refractivity contribution is 0.0531. The molecule has 0 spiro atoms. The Kier molecular flexibility index (Phi) is 5.29. The molecular weight excluding hydrogens is 228 g/mol. The van der Waals surface area contributed by atoms with Crippen LogP contribution >= 0.6 is 0 Å². The summed E-state index contributed by atoms with van der Waals surface area (Å²) < 4.78 is 5.24. The number of morpholine rings is 1. The zero-order valence-electron chi connectivity index (χ0n) is 11.5. The average Bonchev–Trinajstić information content (AvgIpc) is 2.40. The Hall–Kier alpha value is -0.770. The van der Waals surface area contributed by atoms with Gasteiger partial charge in [-0.2, -0.15) is 0 Å². The van der Waals surface area contributed by atoms with Crippen molar-refractivity contribution in [2.75, 3.05) is 32.8 Å². The van der Waals surface area contributed by atoms with Crippen LogP contribution in [0.1, 0.15) is 39.0 Å². The molecule has 1 aliphatic heterocycles. The summed E-state index contributed by atoms with van der Waals surface area (Å²) >= 11 is 0. The van der Waals surface area contributed by atoms with Gasteiger partial charge >= 0.3 is 6.03 Å². The molecule has 2 atom stereocenters. The van der Waals surface area contributed by atoms with Gasteiger partial charge in [0.15, 0.2) is 0 Å². The molecule has 0 aromatic rings. The molecule has 4 heteroatoms. The lowest BCUT2D eigenvalue weighted by atomic mass is 9.81. The predicted octanol–water partition coefficient (Wildman–Crippen LogP) is 2.24. The highest BCUT2D eigenvalue weighted by Crippen LogP contribution is 2.30. The van der Waals surface area contributed by atoms with E-state index >= 15 is 0 Å². The number of hydrogen-bond acceptors (Lipinski definition) is 2. The number of nitrogens with one attached hydrogen (secondary N) is 1. The first-order chi connectivity index (χ1) is 8.75. The van der Waals surface area contributed by atoms with Gasteiger partial charge in [-0.25, -0.2) is 4.79 Å². The third-order valence-electron chi connectivity index (χ3n) is 4.17. The Morgan fingerprint density at radius 1 is 1.33 bits per heavy atom. The Morgan fingerprint density at radius 3 is 2.83 bits per heavy atom. The highest BCUT2D eigenvalue weighted by atomic mass is 16.5. The van der Waals surface area contributed by atoms with Crippen LogP contribution in [0.4, 0.5) is 4.79 Å². The second kappa shape index (κ2) is 6.98. The molecule has 0 aromatic carbocycles. The van der Waals surface area contributed by atoms with Gasteiger partial charge in [0.25, 0.3) is 0 Å². The first kappa shape index (κ1) is 13.7. The Morgan fingerprint density at radius 2 is 2.11 bits per heavy atom. The number of rotatable bonds is 3. The van der Waals surface area contributed by atoms with Crippen molar-refractivity contribution in [2.45, 2.75) is 39.0 Å². The summed E-state index contributed by atoms with van der Waals surface area (Å²) in [7, 11) is 0. The maximum absolute atomic E-state index is 11.9. The SMILES string of the molecule is CC1CCCC(CCNC(=O)N2CCOCC2)C1. The van der Waals surface area contributed by atoms with Crippen molar-refractivity contribution in [3.05, 3.63) is 0 Å². The van der Waals surface area contributed by atoms with E-state index in [-0.39, 0.29) is 6.03 Å². The second-order valence-corrected chi connectivity index (χ2v) is 5.76. The molecule has 2 amide bonds. The molecule has 2 fully saturated rings. The van der Waals surface area contributed by atoms with Gasteiger partial charge in [-0.05, 0) is 24.7 Å². The van der Waals surface area contributed by atoms with E-state index in [1.54, 1.807) is 0 Å². The van der Waals surface area contributed by atoms with Crippen molar-refractivity contribution in [1.29, 1.82) is 0 Å². The van der Waals surface area contributed by atoms with Gasteiger partial charge in [0.1, 0.15) is 0 Å². The van der Waals surface area contributed by atoms with Crippen molar-refractivity contribution in [2.24, 2.45) is 11.8 Å². The maximum Gasteiger partial charge on any atom is 0.317 e. The molecule has 0 bridgehead atoms. The number of urea groups is 1. The summed E-state index contributed by atoms with van der Waals surface area (Å²) in [6.45, 7) is 5.98. The minimum absolute atomic E-state index is 0.0853. The fourth-order valence-corrected chi connectivity index (χ4v) is 3.08. The van der Waals surface area contributed by atoms with Crippen LogP contribution in [0.2, 0.25) is 0 Å². The lowest BCUT2D eigenvalue weighted by Crippen LogP contribution is -2.46. The first-order valence-corrected chi connectivity index (χ1v) is 7.36. The number of nitrogens with zero attached hydrogens (tertiary/aromatic N) is 1. The van der Waals surface area contributed by atoms with Crippen LogP contribution in [0.3, 0.4) is 0 Å². The summed E-state index contributed by atoms with van der Waals surface area (Å²) in [5.41, 5.74) is 0. The number of hydrogen-bond donors (Lipinski definition) is 1. The monoisotopic (exact) mass is 254 g/mol. The van der Waals surface area contributed by atoms with Crippen LogP contribution in [-0.4, -0.2) is 43.8 Å². The molecule has 0 radical (unpaired) electrons. The zero-order chi connectivity index (χ0) is 12.8. The van der Waals surface area contributed by atoms with E-state index in [4.69, 9.17) is 4.74 Å². The summed E-state index contributed by atoms with van der Waals surface area (Å²) in [6, 6.07) is 0.0853. The molecule has 1 saturated carbocycles. The van der Waals surface area contributed by atoms with Gasteiger partial charge in [-0.15, -0.1) is 0 Å². The Labute approximate surface area is 110 Å². The second-order valence-electron chi connectivity index (χ2n) is 5.76. The maximum atomic E-state index is 11.9. The van der Waals surface area contributed by atoms with Crippen molar-refractivity contribution in [3.8, 4) is 0 Å². The molecule has 4 nitrogen and oxygen atoms in total. The van der Waals surface area contributed by atoms with E-state index in [0.717, 1.165) is 37.9 Å². The number of carbonyl (C=O) groups is 1. The summed E-state index contributed by atoms with van der Waals surface area (Å²) in [6.07, 6.45) is 6.57. The molecule has 2 aliphatic rings. The first-order valence-electron chi connectivity index (χ1n) is 7.36. The highest BCUT2D eigenvalue weighted by Gasteiger charge is 2.20. The zero-order valence-corrected chi connectivity index (χ0v) is 11.5. The van der Waals surface area contributed by atoms with Crippen LogP contribution in [0, 0.1) is 11.8 Å². The quantitative estimate of drug-likeness (QED) is 0.839. The molecule has 18 heavy (non-hydrogen) atoms. The van der Waals surface area contributed by atoms with E-state index < -0.39 is 0 Å². The topological polar surface area (TPSA) is 41.6 Å². The van der Waals surface area contributed by atoms with E-state index in [0.29, 0.717) is 13.2 Å². The number of amides is 2. The van der Waals surface area contributed by atoms with Crippen LogP contribution in [0.15, 0.2) is 0 Å². The molecular formula is C14H26N2O2. The van der Waals surface area contributed by atoms with Crippen LogP contribution in [0.25, 0.3) is 0 Å². The summed E-state index contributed by atoms with van der Waals surface area (Å²) in [4.78, 5) is 13.7. The molecule has 0 aromatic heterocycles.